The second-order valence-electron chi connectivity index (χ2n) is 16.1. The van der Waals surface area contributed by atoms with E-state index in [0.29, 0.717) is 0 Å². The van der Waals surface area contributed by atoms with Crippen LogP contribution in [0, 0.1) is 0 Å². The summed E-state index contributed by atoms with van der Waals surface area (Å²) in [6.45, 7) is 0. The highest BCUT2D eigenvalue weighted by atomic mass is 16.3. The highest BCUT2D eigenvalue weighted by Gasteiger charge is 2.24. The van der Waals surface area contributed by atoms with Crippen LogP contribution < -0.4 is 4.90 Å². The Morgan fingerprint density at radius 2 is 0.841 bits per heavy atom. The van der Waals surface area contributed by atoms with Crippen LogP contribution in [0.1, 0.15) is 0 Å². The Morgan fingerprint density at radius 1 is 0.349 bits per heavy atom. The fourth-order valence-electron chi connectivity index (χ4n) is 9.44. The minimum Gasteiger partial charge on any atom is -0.454 e. The Balaban J connectivity index is 1.08. The molecule has 0 spiro atoms. The van der Waals surface area contributed by atoms with Crippen LogP contribution in [0.25, 0.3) is 93.9 Å². The molecule has 0 unspecified atom stereocenters. The molecule has 0 aliphatic heterocycles. The zero-order valence-electron chi connectivity index (χ0n) is 34.4. The van der Waals surface area contributed by atoms with Gasteiger partial charge in [-0.2, -0.15) is 0 Å². The standard InChI is InChI=1S/C60H40N2O/c1-5-17-41(18-6-1)43-29-34-48(35-30-43)61(56-38-33-46(42-19-7-2-8-20-42)39-52(56)44-21-9-3-10-22-44)49-36-31-45(32-37-49)53-40-54-50-25-14-16-28-57(50)63-60(54)59-58(53)51-26-13-15-27-55(51)62(59)47-23-11-4-12-24-47/h1-40H. The quantitative estimate of drug-likeness (QED) is 0.153. The molecule has 0 saturated heterocycles. The van der Waals surface area contributed by atoms with Gasteiger partial charge in [-0.15, -0.1) is 0 Å². The number of para-hydroxylation sites is 3. The lowest BCUT2D eigenvalue weighted by Crippen LogP contribution is -2.11. The molecule has 296 valence electrons. The summed E-state index contributed by atoms with van der Waals surface area (Å²) in [6.07, 6.45) is 0. The highest BCUT2D eigenvalue weighted by molar-refractivity contribution is 6.26. The Labute approximate surface area is 366 Å². The third-order valence-corrected chi connectivity index (χ3v) is 12.4. The molecule has 12 aromatic rings. The van der Waals surface area contributed by atoms with Crippen LogP contribution >= 0.6 is 0 Å². The van der Waals surface area contributed by atoms with E-state index >= 15 is 0 Å². The average Bonchev–Trinajstić information content (AvgIpc) is 3.92. The molecule has 0 radical (unpaired) electrons. The van der Waals surface area contributed by atoms with E-state index in [0.717, 1.165) is 78.0 Å². The fourth-order valence-corrected chi connectivity index (χ4v) is 9.44. The van der Waals surface area contributed by atoms with Crippen molar-refractivity contribution in [2.24, 2.45) is 0 Å². The van der Waals surface area contributed by atoms with Crippen molar-refractivity contribution in [2.45, 2.75) is 0 Å². The first-order valence-electron chi connectivity index (χ1n) is 21.5. The first kappa shape index (κ1) is 36.5. The maximum absolute atomic E-state index is 6.79. The van der Waals surface area contributed by atoms with Crippen molar-refractivity contribution in [3.8, 4) is 50.2 Å². The van der Waals surface area contributed by atoms with Crippen LogP contribution in [0.2, 0.25) is 0 Å². The first-order chi connectivity index (χ1) is 31.3. The van der Waals surface area contributed by atoms with E-state index in [4.69, 9.17) is 4.42 Å². The third-order valence-electron chi connectivity index (χ3n) is 12.4. The molecule has 0 saturated carbocycles. The molecule has 0 N–H and O–H groups in total. The molecule has 0 amide bonds. The molecule has 3 heteroatoms. The topological polar surface area (TPSA) is 21.3 Å². The Hall–Kier alpha value is -8.40. The minimum atomic E-state index is 0.882. The van der Waals surface area contributed by atoms with Gasteiger partial charge in [-0.05, 0) is 106 Å². The van der Waals surface area contributed by atoms with Gasteiger partial charge >= 0.3 is 0 Å². The van der Waals surface area contributed by atoms with Gasteiger partial charge in [-0.3, -0.25) is 0 Å². The molecule has 0 bridgehead atoms. The second kappa shape index (κ2) is 15.3. The van der Waals surface area contributed by atoms with Crippen molar-refractivity contribution in [3.63, 3.8) is 0 Å². The van der Waals surface area contributed by atoms with Crippen molar-refractivity contribution < 1.29 is 4.42 Å². The lowest BCUT2D eigenvalue weighted by Gasteiger charge is -2.29. The van der Waals surface area contributed by atoms with E-state index in [2.05, 4.69) is 246 Å². The second-order valence-corrected chi connectivity index (χ2v) is 16.1. The Kier molecular flexibility index (Phi) is 8.83. The van der Waals surface area contributed by atoms with Crippen LogP contribution in [-0.2, 0) is 0 Å². The summed E-state index contributed by atoms with van der Waals surface area (Å²) in [5.41, 5.74) is 17.7. The molecule has 0 atom stereocenters. The maximum Gasteiger partial charge on any atom is 0.160 e. The smallest absolute Gasteiger partial charge is 0.160 e. The first-order valence-corrected chi connectivity index (χ1v) is 21.5. The van der Waals surface area contributed by atoms with Gasteiger partial charge in [0, 0.05) is 44.2 Å². The van der Waals surface area contributed by atoms with E-state index < -0.39 is 0 Å². The number of rotatable bonds is 8. The van der Waals surface area contributed by atoms with Crippen molar-refractivity contribution in [1.82, 2.24) is 4.57 Å². The van der Waals surface area contributed by atoms with Gasteiger partial charge in [0.1, 0.15) is 5.58 Å². The molecular weight excluding hydrogens is 765 g/mol. The number of nitrogens with zero attached hydrogens (tertiary/aromatic N) is 2. The van der Waals surface area contributed by atoms with Crippen LogP contribution in [0.15, 0.2) is 247 Å². The molecule has 12 rings (SSSR count). The molecule has 0 aliphatic carbocycles. The number of hydrogen-bond donors (Lipinski definition) is 0. The van der Waals surface area contributed by atoms with Crippen LogP contribution in [-0.4, -0.2) is 4.57 Å². The zero-order chi connectivity index (χ0) is 41.7. The average molecular weight is 805 g/mol. The van der Waals surface area contributed by atoms with E-state index in [1.807, 2.05) is 6.07 Å². The molecule has 0 fully saturated rings. The summed E-state index contributed by atoms with van der Waals surface area (Å²) < 4.78 is 9.16. The van der Waals surface area contributed by atoms with E-state index in [1.165, 1.54) is 33.0 Å². The summed E-state index contributed by atoms with van der Waals surface area (Å²) in [7, 11) is 0. The van der Waals surface area contributed by atoms with Crippen molar-refractivity contribution in [3.05, 3.63) is 243 Å². The lowest BCUT2D eigenvalue weighted by atomic mass is 9.95. The van der Waals surface area contributed by atoms with Gasteiger partial charge in [0.25, 0.3) is 0 Å². The van der Waals surface area contributed by atoms with Crippen LogP contribution in [0.5, 0.6) is 0 Å². The summed E-state index contributed by atoms with van der Waals surface area (Å²) in [5, 5.41) is 4.56. The molecule has 2 aromatic heterocycles. The molecule has 10 aromatic carbocycles. The predicted molar refractivity (Wildman–Crippen MR) is 264 cm³/mol. The Morgan fingerprint density at radius 3 is 1.51 bits per heavy atom. The van der Waals surface area contributed by atoms with Crippen LogP contribution in [0.3, 0.4) is 0 Å². The molecule has 3 nitrogen and oxygen atoms in total. The van der Waals surface area contributed by atoms with Crippen molar-refractivity contribution in [2.75, 3.05) is 4.90 Å². The molecule has 63 heavy (non-hydrogen) atoms. The van der Waals surface area contributed by atoms with Gasteiger partial charge in [-0.1, -0.05) is 176 Å². The molecular formula is C60H40N2O. The number of hydrogen-bond acceptors (Lipinski definition) is 2. The number of aromatic nitrogens is 1. The number of fused-ring (bicyclic) bond motifs is 7. The highest BCUT2D eigenvalue weighted by Crippen LogP contribution is 2.47. The minimum absolute atomic E-state index is 0.882. The molecule has 0 aliphatic rings. The van der Waals surface area contributed by atoms with E-state index in [1.54, 1.807) is 0 Å². The summed E-state index contributed by atoms with van der Waals surface area (Å²) >= 11 is 0. The molecule has 2 heterocycles. The van der Waals surface area contributed by atoms with Gasteiger partial charge in [-0.25, -0.2) is 0 Å². The van der Waals surface area contributed by atoms with E-state index in [-0.39, 0.29) is 0 Å². The van der Waals surface area contributed by atoms with Crippen LogP contribution in [0.4, 0.5) is 17.1 Å². The van der Waals surface area contributed by atoms with Crippen molar-refractivity contribution >= 4 is 60.8 Å². The largest absolute Gasteiger partial charge is 0.454 e. The summed E-state index contributed by atoms with van der Waals surface area (Å²) in [6, 6.07) is 87.0. The SMILES string of the molecule is c1ccc(-c2ccc(N(c3ccc(-c4cc5c6ccccc6oc5c5c4c4ccccc4n5-c4ccccc4)cc3)c3ccc(-c4ccccc4)cc3-c3ccccc3)cc2)cc1. The summed E-state index contributed by atoms with van der Waals surface area (Å²) in [4.78, 5) is 2.40. The monoisotopic (exact) mass is 804 g/mol. The zero-order valence-corrected chi connectivity index (χ0v) is 34.4. The number of furan rings is 1. The van der Waals surface area contributed by atoms with Gasteiger partial charge in [0.05, 0.1) is 16.7 Å². The maximum atomic E-state index is 6.79. The Bertz CT molecular complexity index is 3570. The number of anilines is 3. The fraction of sp³-hybridized carbons (Fsp3) is 0. The predicted octanol–water partition coefficient (Wildman–Crippen LogP) is 16.8. The third kappa shape index (κ3) is 6.29. The van der Waals surface area contributed by atoms with Gasteiger partial charge in [0.2, 0.25) is 0 Å². The lowest BCUT2D eigenvalue weighted by molar-refractivity contribution is 0.671. The number of benzene rings is 10. The van der Waals surface area contributed by atoms with E-state index in [9.17, 15) is 0 Å². The van der Waals surface area contributed by atoms with Gasteiger partial charge < -0.3 is 13.9 Å². The van der Waals surface area contributed by atoms with Gasteiger partial charge in [0.15, 0.2) is 5.58 Å². The van der Waals surface area contributed by atoms with Crippen molar-refractivity contribution in [1.29, 1.82) is 0 Å². The normalized spacial score (nSPS) is 11.5. The summed E-state index contributed by atoms with van der Waals surface area (Å²) in [5.74, 6) is 0.